The van der Waals surface area contributed by atoms with E-state index in [0.29, 0.717) is 4.90 Å². The van der Waals surface area contributed by atoms with E-state index in [9.17, 15) is 8.42 Å². The fraction of sp³-hybridized carbons (Fsp3) is 0.600. The van der Waals surface area contributed by atoms with Crippen molar-refractivity contribution in [2.45, 2.75) is 63.3 Å². The van der Waals surface area contributed by atoms with Crippen molar-refractivity contribution in [3.05, 3.63) is 29.3 Å². The molecule has 1 fully saturated rings. The number of rotatable bonds is 3. The Hall–Kier alpha value is -0.870. The Morgan fingerprint density at radius 2 is 1.84 bits per heavy atom. The molecule has 4 heteroatoms. The summed E-state index contributed by atoms with van der Waals surface area (Å²) >= 11 is 0. The topological polar surface area (TPSA) is 46.2 Å². The fourth-order valence-corrected chi connectivity index (χ4v) is 3.98. The van der Waals surface area contributed by atoms with Gasteiger partial charge < -0.3 is 0 Å². The molecule has 0 bridgehead atoms. The molecule has 1 N–H and O–H groups in total. The molecule has 106 valence electrons. The highest BCUT2D eigenvalue weighted by atomic mass is 32.2. The van der Waals surface area contributed by atoms with Gasteiger partial charge in [-0.3, -0.25) is 0 Å². The summed E-state index contributed by atoms with van der Waals surface area (Å²) in [5, 5.41) is 0. The van der Waals surface area contributed by atoms with E-state index in [-0.39, 0.29) is 11.5 Å². The van der Waals surface area contributed by atoms with Crippen LogP contribution in [0, 0.1) is 6.92 Å². The van der Waals surface area contributed by atoms with Crippen molar-refractivity contribution in [3.8, 4) is 0 Å². The van der Waals surface area contributed by atoms with Gasteiger partial charge in [-0.05, 0) is 36.8 Å². The van der Waals surface area contributed by atoms with Crippen molar-refractivity contribution < 1.29 is 8.42 Å². The molecular weight excluding hydrogens is 258 g/mol. The minimum absolute atomic E-state index is 0.124. The van der Waals surface area contributed by atoms with Crippen molar-refractivity contribution in [1.82, 2.24) is 4.72 Å². The summed E-state index contributed by atoms with van der Waals surface area (Å²) in [5.74, 6) is 0. The summed E-state index contributed by atoms with van der Waals surface area (Å²) in [6.07, 6.45) is 3.03. The van der Waals surface area contributed by atoms with E-state index in [1.807, 2.05) is 39.8 Å². The molecule has 1 saturated carbocycles. The van der Waals surface area contributed by atoms with E-state index < -0.39 is 10.0 Å². The van der Waals surface area contributed by atoms with E-state index in [4.69, 9.17) is 0 Å². The lowest BCUT2D eigenvalue weighted by Crippen LogP contribution is -2.40. The van der Waals surface area contributed by atoms with Crippen molar-refractivity contribution in [2.75, 3.05) is 0 Å². The summed E-state index contributed by atoms with van der Waals surface area (Å²) < 4.78 is 27.8. The number of hydrogen-bond acceptors (Lipinski definition) is 2. The first kappa shape index (κ1) is 14.5. The summed E-state index contributed by atoms with van der Waals surface area (Å²) in [6.45, 7) is 8.13. The van der Waals surface area contributed by atoms with Crippen LogP contribution in [0.2, 0.25) is 0 Å². The third-order valence-corrected chi connectivity index (χ3v) is 5.24. The van der Waals surface area contributed by atoms with Gasteiger partial charge in [0.2, 0.25) is 10.0 Å². The molecular formula is C15H23NO2S. The van der Waals surface area contributed by atoms with Gasteiger partial charge in [0.05, 0.1) is 4.90 Å². The monoisotopic (exact) mass is 281 g/mol. The van der Waals surface area contributed by atoms with Gasteiger partial charge in [-0.15, -0.1) is 0 Å². The quantitative estimate of drug-likeness (QED) is 0.925. The second-order valence-corrected chi connectivity index (χ2v) is 8.18. The van der Waals surface area contributed by atoms with Gasteiger partial charge >= 0.3 is 0 Å². The SMILES string of the molecule is Cc1ccc(S(=O)(=O)NC2CCC2)c(C(C)(C)C)c1. The van der Waals surface area contributed by atoms with Crippen LogP contribution in [0.4, 0.5) is 0 Å². The molecule has 0 spiro atoms. The van der Waals surface area contributed by atoms with Crippen molar-refractivity contribution in [2.24, 2.45) is 0 Å². The Morgan fingerprint density at radius 3 is 2.32 bits per heavy atom. The largest absolute Gasteiger partial charge is 0.241 e. The highest BCUT2D eigenvalue weighted by Gasteiger charge is 2.29. The molecule has 0 radical (unpaired) electrons. The van der Waals surface area contributed by atoms with E-state index in [1.54, 1.807) is 6.07 Å². The number of hydrogen-bond donors (Lipinski definition) is 1. The zero-order chi connectivity index (χ0) is 14.3. The Bertz CT molecular complexity index is 566. The lowest BCUT2D eigenvalue weighted by Gasteiger charge is -2.28. The molecule has 2 rings (SSSR count). The van der Waals surface area contributed by atoms with Gasteiger partial charge in [0.1, 0.15) is 0 Å². The van der Waals surface area contributed by atoms with Crippen molar-refractivity contribution in [1.29, 1.82) is 0 Å². The van der Waals surface area contributed by atoms with Crippen LogP contribution in [0.5, 0.6) is 0 Å². The standard InChI is InChI=1S/C15H23NO2S/c1-11-8-9-14(13(10-11)15(2,3)4)19(17,18)16-12-6-5-7-12/h8-10,12,16H,5-7H2,1-4H3. The van der Waals surface area contributed by atoms with E-state index >= 15 is 0 Å². The molecule has 0 aliphatic heterocycles. The van der Waals surface area contributed by atoms with Crippen LogP contribution in [0.1, 0.15) is 51.2 Å². The molecule has 0 heterocycles. The smallest absolute Gasteiger partial charge is 0.208 e. The normalized spacial score (nSPS) is 17.3. The number of nitrogens with one attached hydrogen (secondary N) is 1. The first-order valence-electron chi connectivity index (χ1n) is 6.83. The summed E-state index contributed by atoms with van der Waals surface area (Å²) in [4.78, 5) is 0.428. The third-order valence-electron chi connectivity index (χ3n) is 3.66. The Balaban J connectivity index is 2.43. The third kappa shape index (κ3) is 3.18. The first-order valence-corrected chi connectivity index (χ1v) is 8.32. The molecule has 1 aromatic carbocycles. The van der Waals surface area contributed by atoms with Crippen LogP contribution in [0.15, 0.2) is 23.1 Å². The second kappa shape index (κ2) is 4.91. The average molecular weight is 281 g/mol. The van der Waals surface area contributed by atoms with Gasteiger partial charge in [-0.25, -0.2) is 13.1 Å². The molecule has 1 aromatic rings. The van der Waals surface area contributed by atoms with Gasteiger partial charge in [0.25, 0.3) is 0 Å². The minimum Gasteiger partial charge on any atom is -0.208 e. The van der Waals surface area contributed by atoms with E-state index in [2.05, 4.69) is 4.72 Å². The molecule has 1 aliphatic carbocycles. The number of sulfonamides is 1. The number of aryl methyl sites for hydroxylation is 1. The van der Waals surface area contributed by atoms with E-state index in [0.717, 1.165) is 30.4 Å². The Kier molecular flexibility index (Phi) is 3.76. The Morgan fingerprint density at radius 1 is 1.21 bits per heavy atom. The molecule has 19 heavy (non-hydrogen) atoms. The van der Waals surface area contributed by atoms with Crippen molar-refractivity contribution in [3.63, 3.8) is 0 Å². The maximum atomic E-state index is 12.5. The van der Waals surface area contributed by atoms with Crippen LogP contribution in [-0.4, -0.2) is 14.5 Å². The highest BCUT2D eigenvalue weighted by Crippen LogP contribution is 2.31. The zero-order valence-corrected chi connectivity index (χ0v) is 13.0. The molecule has 0 aromatic heterocycles. The maximum absolute atomic E-state index is 12.5. The molecule has 0 amide bonds. The predicted octanol–water partition coefficient (Wildman–Crippen LogP) is 3.12. The minimum atomic E-state index is -3.40. The Labute approximate surface area is 116 Å². The molecule has 3 nitrogen and oxygen atoms in total. The van der Waals surface area contributed by atoms with Crippen LogP contribution < -0.4 is 4.72 Å². The zero-order valence-electron chi connectivity index (χ0n) is 12.2. The van der Waals surface area contributed by atoms with Gasteiger partial charge in [0, 0.05) is 6.04 Å². The molecule has 1 aliphatic rings. The van der Waals surface area contributed by atoms with Crippen LogP contribution in [-0.2, 0) is 15.4 Å². The fourth-order valence-electron chi connectivity index (χ4n) is 2.27. The molecule has 0 unspecified atom stereocenters. The lowest BCUT2D eigenvalue weighted by atomic mass is 9.86. The van der Waals surface area contributed by atoms with E-state index in [1.165, 1.54) is 0 Å². The summed E-state index contributed by atoms with van der Waals surface area (Å²) in [7, 11) is -3.40. The van der Waals surface area contributed by atoms with Crippen LogP contribution in [0.3, 0.4) is 0 Å². The maximum Gasteiger partial charge on any atom is 0.241 e. The first-order chi connectivity index (χ1) is 8.70. The highest BCUT2D eigenvalue weighted by molar-refractivity contribution is 7.89. The van der Waals surface area contributed by atoms with Crippen molar-refractivity contribution >= 4 is 10.0 Å². The lowest BCUT2D eigenvalue weighted by molar-refractivity contribution is 0.383. The van der Waals surface area contributed by atoms with Crippen LogP contribution >= 0.6 is 0 Å². The molecule has 0 atom stereocenters. The predicted molar refractivity (Wildman–Crippen MR) is 77.8 cm³/mol. The van der Waals surface area contributed by atoms with Crippen LogP contribution in [0.25, 0.3) is 0 Å². The average Bonchev–Trinajstić information content (AvgIpc) is 2.22. The summed E-state index contributed by atoms with van der Waals surface area (Å²) in [6, 6.07) is 5.70. The van der Waals surface area contributed by atoms with Gasteiger partial charge in [-0.2, -0.15) is 0 Å². The second-order valence-electron chi connectivity index (χ2n) is 6.50. The van der Waals surface area contributed by atoms with Gasteiger partial charge in [-0.1, -0.05) is 44.9 Å². The molecule has 0 saturated heterocycles. The van der Waals surface area contributed by atoms with Gasteiger partial charge in [0.15, 0.2) is 0 Å². The summed E-state index contributed by atoms with van der Waals surface area (Å²) in [5.41, 5.74) is 1.79. The number of benzene rings is 1.